The number of anilines is 3. The molecule has 4 N–H and O–H groups in total. The van der Waals surface area contributed by atoms with E-state index in [0.717, 1.165) is 16.3 Å². The Kier molecular flexibility index (Phi) is 4.81. The Hall–Kier alpha value is -2.01. The molecule has 0 radical (unpaired) electrons. The van der Waals surface area contributed by atoms with Crippen molar-refractivity contribution in [1.82, 2.24) is 0 Å². The van der Waals surface area contributed by atoms with Crippen molar-refractivity contribution >= 4 is 40.0 Å². The van der Waals surface area contributed by atoms with Gasteiger partial charge in [-0.2, -0.15) is 0 Å². The normalized spacial score (nSPS) is 13.5. The molecule has 0 saturated carbocycles. The van der Waals surface area contributed by atoms with Crippen LogP contribution in [-0.2, 0) is 5.60 Å². The van der Waals surface area contributed by atoms with Crippen LogP contribution in [0.15, 0.2) is 60.0 Å². The Morgan fingerprint density at radius 1 is 1.12 bits per heavy atom. The van der Waals surface area contributed by atoms with Gasteiger partial charge in [-0.25, -0.2) is 0 Å². The van der Waals surface area contributed by atoms with E-state index in [1.807, 2.05) is 66.9 Å². The Morgan fingerprint density at radius 2 is 1.92 bits per heavy atom. The number of benzene rings is 2. The Balaban J connectivity index is 2.00. The number of rotatable bonds is 5. The zero-order valence-corrected chi connectivity index (χ0v) is 14.9. The number of nitrogens with one attached hydrogen (secondary N) is 1. The van der Waals surface area contributed by atoms with Gasteiger partial charge in [-0.3, -0.25) is 0 Å². The molecule has 3 aromatic rings. The molecule has 0 aliphatic carbocycles. The molecule has 1 aromatic heterocycles. The first-order chi connectivity index (χ1) is 11.5. The van der Waals surface area contributed by atoms with Crippen LogP contribution in [-0.4, -0.2) is 5.11 Å². The number of hydrogen-bond donors (Lipinski definition) is 3. The molecule has 0 aliphatic rings. The highest BCUT2D eigenvalue weighted by Gasteiger charge is 2.32. The number of nitrogen functional groups attached to an aromatic ring is 1. The summed E-state index contributed by atoms with van der Waals surface area (Å²) in [4.78, 5) is 0.886. The fraction of sp³-hybridized carbons (Fsp3) is 0.158. The topological polar surface area (TPSA) is 58.3 Å². The van der Waals surface area contributed by atoms with Crippen molar-refractivity contribution in [3.05, 3.63) is 75.4 Å². The molecule has 2 aromatic carbocycles. The molecule has 3 rings (SSSR count). The van der Waals surface area contributed by atoms with Gasteiger partial charge < -0.3 is 16.2 Å². The van der Waals surface area contributed by atoms with E-state index in [2.05, 4.69) is 5.32 Å². The average molecular weight is 359 g/mol. The molecule has 0 fully saturated rings. The van der Waals surface area contributed by atoms with Crippen LogP contribution in [0.3, 0.4) is 0 Å². The average Bonchev–Trinajstić information content (AvgIpc) is 3.11. The molecule has 124 valence electrons. The summed E-state index contributed by atoms with van der Waals surface area (Å²) < 4.78 is 0. The van der Waals surface area contributed by atoms with E-state index in [9.17, 15) is 5.11 Å². The van der Waals surface area contributed by atoms with E-state index in [-0.39, 0.29) is 0 Å². The van der Waals surface area contributed by atoms with Crippen molar-refractivity contribution in [1.29, 1.82) is 0 Å². The third-order valence-corrected chi connectivity index (χ3v) is 5.31. The minimum absolute atomic E-state index is 0.540. The summed E-state index contributed by atoms with van der Waals surface area (Å²) in [5.74, 6) is 0. The second kappa shape index (κ2) is 6.85. The second-order valence-electron chi connectivity index (χ2n) is 5.63. The highest BCUT2D eigenvalue weighted by Crippen LogP contribution is 2.40. The lowest BCUT2D eigenvalue weighted by molar-refractivity contribution is 0.0812. The minimum Gasteiger partial charge on any atom is -0.398 e. The van der Waals surface area contributed by atoms with Crippen molar-refractivity contribution in [2.75, 3.05) is 11.1 Å². The van der Waals surface area contributed by atoms with Crippen molar-refractivity contribution in [2.24, 2.45) is 0 Å². The maximum Gasteiger partial charge on any atom is 0.125 e. The van der Waals surface area contributed by atoms with Crippen LogP contribution in [0.4, 0.5) is 17.1 Å². The van der Waals surface area contributed by atoms with E-state index < -0.39 is 5.60 Å². The summed E-state index contributed by atoms with van der Waals surface area (Å²) in [6, 6.07) is 17.0. The highest BCUT2D eigenvalue weighted by atomic mass is 35.5. The molecule has 0 spiro atoms. The van der Waals surface area contributed by atoms with Gasteiger partial charge in [0, 0.05) is 32.5 Å². The van der Waals surface area contributed by atoms with Gasteiger partial charge in [0.1, 0.15) is 5.60 Å². The van der Waals surface area contributed by atoms with Crippen LogP contribution in [0.25, 0.3) is 0 Å². The SMILES string of the molecule is CCC(O)(c1cccs1)c1cc(Nc2cccc(Cl)c2)ccc1N. The third-order valence-electron chi connectivity index (χ3n) is 4.05. The number of aliphatic hydroxyl groups is 1. The van der Waals surface area contributed by atoms with Gasteiger partial charge in [0.25, 0.3) is 0 Å². The maximum atomic E-state index is 11.2. The van der Waals surface area contributed by atoms with Gasteiger partial charge in [-0.15, -0.1) is 11.3 Å². The lowest BCUT2D eigenvalue weighted by Gasteiger charge is -2.28. The van der Waals surface area contributed by atoms with Crippen LogP contribution in [0.5, 0.6) is 0 Å². The molecule has 0 bridgehead atoms. The zero-order valence-electron chi connectivity index (χ0n) is 13.3. The molecule has 5 heteroatoms. The largest absolute Gasteiger partial charge is 0.398 e. The molecular formula is C19H19ClN2OS. The first-order valence-electron chi connectivity index (χ1n) is 7.72. The van der Waals surface area contributed by atoms with Crippen LogP contribution < -0.4 is 11.1 Å². The van der Waals surface area contributed by atoms with Gasteiger partial charge in [-0.1, -0.05) is 30.7 Å². The van der Waals surface area contributed by atoms with E-state index in [0.29, 0.717) is 22.7 Å². The van der Waals surface area contributed by atoms with Crippen LogP contribution in [0.1, 0.15) is 23.8 Å². The second-order valence-corrected chi connectivity index (χ2v) is 7.01. The summed E-state index contributed by atoms with van der Waals surface area (Å²) in [7, 11) is 0. The van der Waals surface area contributed by atoms with E-state index in [4.69, 9.17) is 17.3 Å². The predicted molar refractivity (Wildman–Crippen MR) is 103 cm³/mol. The fourth-order valence-electron chi connectivity index (χ4n) is 2.74. The standard InChI is InChI=1S/C19H19ClN2OS/c1-2-19(23,18-7-4-10-24-18)16-12-15(8-9-17(16)21)22-14-6-3-5-13(20)11-14/h3-12,22-23H,2,21H2,1H3. The number of thiophene rings is 1. The first-order valence-corrected chi connectivity index (χ1v) is 8.97. The Morgan fingerprint density at radius 3 is 2.58 bits per heavy atom. The Bertz CT molecular complexity index is 835. The third kappa shape index (κ3) is 3.26. The Labute approximate surface area is 150 Å². The van der Waals surface area contributed by atoms with Crippen molar-refractivity contribution in [2.45, 2.75) is 18.9 Å². The number of nitrogens with two attached hydrogens (primary N) is 1. The smallest absolute Gasteiger partial charge is 0.125 e. The molecule has 1 heterocycles. The maximum absolute atomic E-state index is 11.2. The molecule has 0 saturated heterocycles. The summed E-state index contributed by atoms with van der Waals surface area (Å²) >= 11 is 7.56. The predicted octanol–water partition coefficient (Wildman–Crippen LogP) is 5.37. The summed E-state index contributed by atoms with van der Waals surface area (Å²) in [5, 5.41) is 17.2. The molecule has 3 nitrogen and oxygen atoms in total. The summed E-state index contributed by atoms with van der Waals surface area (Å²) in [5.41, 5.74) is 8.09. The van der Waals surface area contributed by atoms with Crippen LogP contribution >= 0.6 is 22.9 Å². The van der Waals surface area contributed by atoms with Gasteiger partial charge in [0.2, 0.25) is 0 Å². The summed E-state index contributed by atoms with van der Waals surface area (Å²) in [6.45, 7) is 1.95. The van der Waals surface area contributed by atoms with Gasteiger partial charge in [-0.05, 0) is 54.3 Å². The molecule has 0 aliphatic heterocycles. The highest BCUT2D eigenvalue weighted by molar-refractivity contribution is 7.10. The van der Waals surface area contributed by atoms with E-state index >= 15 is 0 Å². The molecule has 1 atom stereocenters. The van der Waals surface area contributed by atoms with Gasteiger partial charge >= 0.3 is 0 Å². The summed E-state index contributed by atoms with van der Waals surface area (Å²) in [6.07, 6.45) is 0.540. The number of halogens is 1. The molecular weight excluding hydrogens is 340 g/mol. The van der Waals surface area contributed by atoms with E-state index in [1.165, 1.54) is 11.3 Å². The molecule has 24 heavy (non-hydrogen) atoms. The first kappa shape index (κ1) is 16.8. The van der Waals surface area contributed by atoms with Gasteiger partial charge in [0.15, 0.2) is 0 Å². The fourth-order valence-corrected chi connectivity index (χ4v) is 3.84. The van der Waals surface area contributed by atoms with Crippen molar-refractivity contribution in [3.63, 3.8) is 0 Å². The van der Waals surface area contributed by atoms with E-state index in [1.54, 1.807) is 0 Å². The lowest BCUT2D eigenvalue weighted by atomic mass is 9.88. The monoisotopic (exact) mass is 358 g/mol. The molecule has 1 unspecified atom stereocenters. The number of hydrogen-bond acceptors (Lipinski definition) is 4. The van der Waals surface area contributed by atoms with Crippen LogP contribution in [0, 0.1) is 0 Å². The van der Waals surface area contributed by atoms with Crippen molar-refractivity contribution in [3.8, 4) is 0 Å². The van der Waals surface area contributed by atoms with Crippen LogP contribution in [0.2, 0.25) is 5.02 Å². The van der Waals surface area contributed by atoms with Gasteiger partial charge in [0.05, 0.1) is 0 Å². The zero-order chi connectivity index (χ0) is 17.2. The lowest BCUT2D eigenvalue weighted by Crippen LogP contribution is -2.26. The quantitative estimate of drug-likeness (QED) is 0.537. The van der Waals surface area contributed by atoms with Crippen molar-refractivity contribution < 1.29 is 5.11 Å². The molecule has 0 amide bonds. The minimum atomic E-state index is -1.09.